The van der Waals surface area contributed by atoms with Gasteiger partial charge < -0.3 is 29.6 Å². The molecule has 0 unspecified atom stereocenters. The number of hydrogen-bond donors (Lipinski definition) is 2. The summed E-state index contributed by atoms with van der Waals surface area (Å²) in [6.07, 6.45) is 1.42. The Morgan fingerprint density at radius 2 is 1.16 bits per heavy atom. The highest BCUT2D eigenvalue weighted by Gasteiger charge is 2.45. The Morgan fingerprint density at radius 1 is 0.649 bits per heavy atom. The molecule has 2 N–H and O–H groups in total. The highest BCUT2D eigenvalue weighted by Crippen LogP contribution is 2.37. The summed E-state index contributed by atoms with van der Waals surface area (Å²) in [6.45, 7) is 2.95. The van der Waals surface area contributed by atoms with E-state index in [0.29, 0.717) is 35.6 Å². The molecule has 3 heterocycles. The Labute approximate surface area is 332 Å². The summed E-state index contributed by atoms with van der Waals surface area (Å²) in [6, 6.07) is 30.1. The first-order chi connectivity index (χ1) is 27.5. The second kappa shape index (κ2) is 18.0. The maximum atomic E-state index is 13.1. The van der Waals surface area contributed by atoms with Crippen molar-refractivity contribution in [2.45, 2.75) is 32.9 Å². The van der Waals surface area contributed by atoms with Crippen LogP contribution in [0.25, 0.3) is 9.81 Å². The zero-order valence-electron chi connectivity index (χ0n) is 31.8. The van der Waals surface area contributed by atoms with E-state index < -0.39 is 31.9 Å². The monoisotopic (exact) mass is 816 g/mol. The van der Waals surface area contributed by atoms with Crippen molar-refractivity contribution in [3.63, 3.8) is 0 Å². The molecule has 3 aliphatic heterocycles. The number of methoxy groups -OCH3 is 2. The molecule has 0 saturated heterocycles. The van der Waals surface area contributed by atoms with Gasteiger partial charge in [0, 0.05) is 26.7 Å². The zero-order valence-corrected chi connectivity index (χ0v) is 33.4. The van der Waals surface area contributed by atoms with Crippen LogP contribution in [0.1, 0.15) is 42.0 Å². The lowest BCUT2D eigenvalue weighted by Crippen LogP contribution is -2.36. The molecule has 16 heteroatoms. The molecule has 14 nitrogen and oxygen atoms in total. The molecule has 3 aliphatic rings. The van der Waals surface area contributed by atoms with Gasteiger partial charge in [0.2, 0.25) is 6.79 Å². The summed E-state index contributed by atoms with van der Waals surface area (Å²) in [7, 11) is -4.82. The Balaban J connectivity index is 0.000000193. The lowest BCUT2D eigenvalue weighted by atomic mass is 10.1. The van der Waals surface area contributed by atoms with E-state index in [9.17, 15) is 26.4 Å². The molecule has 0 radical (unpaired) electrons. The summed E-state index contributed by atoms with van der Waals surface area (Å²) in [5.74, 6) is 0.914. The van der Waals surface area contributed by atoms with Crippen molar-refractivity contribution < 1.29 is 45.4 Å². The summed E-state index contributed by atoms with van der Waals surface area (Å²) in [5, 5.41) is 6.09. The highest BCUT2D eigenvalue weighted by molar-refractivity contribution is 8.00. The average molecular weight is 817 g/mol. The van der Waals surface area contributed by atoms with Crippen molar-refractivity contribution in [1.82, 2.24) is 19.2 Å². The standard InChI is InChI=1S/C21H24N2O4S.C20H20N2O6S/c1-3-4-14-23-21(24)19(22-15-16-10-12-18(27-2)13-11-16)20(28(23,25)26)17-8-6-5-7-9-17;1-26-10-9-22-20(23)18(19(29(22,24)25)15-5-3-2-4-6-15)21-12-14-7-8-16-17(11-14)28-13-27-16/h5-13,22H,3-4,14-15H2,1-2H3;2-8,11,21H,9-10,12-13H2,1H3. The van der Waals surface area contributed by atoms with E-state index in [-0.39, 0.29) is 54.2 Å². The third-order valence-corrected chi connectivity index (χ3v) is 13.0. The Morgan fingerprint density at radius 3 is 1.68 bits per heavy atom. The smallest absolute Gasteiger partial charge is 0.285 e. The van der Waals surface area contributed by atoms with Gasteiger partial charge in [-0.15, -0.1) is 0 Å². The van der Waals surface area contributed by atoms with E-state index in [1.165, 1.54) is 7.11 Å². The number of amides is 2. The van der Waals surface area contributed by atoms with Crippen LogP contribution in [0.15, 0.2) is 115 Å². The molecule has 4 aromatic rings. The first kappa shape index (κ1) is 40.8. The molecule has 57 heavy (non-hydrogen) atoms. The third kappa shape index (κ3) is 8.77. The number of fused-ring (bicyclic) bond motifs is 1. The van der Waals surface area contributed by atoms with E-state index in [1.54, 1.807) is 73.8 Å². The van der Waals surface area contributed by atoms with Crippen molar-refractivity contribution in [3.05, 3.63) is 137 Å². The lowest BCUT2D eigenvalue weighted by Gasteiger charge is -2.16. The van der Waals surface area contributed by atoms with Crippen LogP contribution in [0.4, 0.5) is 0 Å². The van der Waals surface area contributed by atoms with Gasteiger partial charge in [-0.25, -0.2) is 25.4 Å². The Bertz CT molecular complexity index is 2370. The summed E-state index contributed by atoms with van der Waals surface area (Å²) >= 11 is 0. The van der Waals surface area contributed by atoms with Gasteiger partial charge in [-0.2, -0.15) is 0 Å². The number of sulfonamides is 2. The Kier molecular flexibility index (Phi) is 12.9. The fourth-order valence-electron chi connectivity index (χ4n) is 6.31. The number of unbranched alkanes of at least 4 members (excludes halogenated alkanes) is 1. The van der Waals surface area contributed by atoms with Crippen LogP contribution in [0.3, 0.4) is 0 Å². The van der Waals surface area contributed by atoms with Gasteiger partial charge in [0.25, 0.3) is 31.9 Å². The van der Waals surface area contributed by atoms with E-state index in [2.05, 4.69) is 10.6 Å². The number of benzene rings is 4. The largest absolute Gasteiger partial charge is 0.497 e. The van der Waals surface area contributed by atoms with Gasteiger partial charge in [-0.05, 0) is 52.9 Å². The second-order valence-electron chi connectivity index (χ2n) is 13.0. The highest BCUT2D eigenvalue weighted by atomic mass is 32.2. The van der Waals surface area contributed by atoms with E-state index in [0.717, 1.165) is 31.9 Å². The van der Waals surface area contributed by atoms with E-state index in [4.69, 9.17) is 18.9 Å². The zero-order chi connectivity index (χ0) is 40.6. The molecule has 2 amide bonds. The van der Waals surface area contributed by atoms with Crippen LogP contribution in [0.5, 0.6) is 17.2 Å². The number of nitrogens with zero attached hydrogens (tertiary/aromatic N) is 2. The van der Waals surface area contributed by atoms with Crippen LogP contribution >= 0.6 is 0 Å². The van der Waals surface area contributed by atoms with Crippen LogP contribution in [-0.2, 0) is 47.5 Å². The first-order valence-electron chi connectivity index (χ1n) is 18.2. The van der Waals surface area contributed by atoms with Gasteiger partial charge >= 0.3 is 0 Å². The minimum Gasteiger partial charge on any atom is -0.497 e. The lowest BCUT2D eigenvalue weighted by molar-refractivity contribution is -0.123. The van der Waals surface area contributed by atoms with E-state index in [1.807, 2.05) is 43.3 Å². The minimum atomic E-state index is -3.99. The van der Waals surface area contributed by atoms with Crippen LogP contribution in [0.2, 0.25) is 0 Å². The molecule has 0 aliphatic carbocycles. The second-order valence-corrected chi connectivity index (χ2v) is 16.6. The molecule has 0 spiro atoms. The molecule has 0 fully saturated rings. The number of rotatable bonds is 15. The van der Waals surface area contributed by atoms with Gasteiger partial charge in [0.15, 0.2) is 11.5 Å². The minimum absolute atomic E-state index is 0.0278. The number of carbonyl (C=O) groups excluding carboxylic acids is 2. The van der Waals surface area contributed by atoms with Gasteiger partial charge in [0.05, 0.1) is 20.3 Å². The molecular weight excluding hydrogens is 773 g/mol. The molecule has 0 bridgehead atoms. The topological polar surface area (TPSA) is 170 Å². The molecule has 4 aromatic carbocycles. The average Bonchev–Trinajstić information content (AvgIpc) is 3.82. The number of ether oxygens (including phenoxy) is 4. The maximum absolute atomic E-state index is 13.1. The fraction of sp³-hybridized carbons (Fsp3) is 0.268. The van der Waals surface area contributed by atoms with Crippen molar-refractivity contribution >= 4 is 41.7 Å². The number of carbonyl (C=O) groups is 2. The van der Waals surface area contributed by atoms with Crippen LogP contribution in [-0.4, -0.2) is 78.0 Å². The molecule has 0 saturated carbocycles. The first-order valence-corrected chi connectivity index (χ1v) is 21.1. The summed E-state index contributed by atoms with van der Waals surface area (Å²) in [4.78, 5) is 25.9. The third-order valence-electron chi connectivity index (χ3n) is 9.25. The maximum Gasteiger partial charge on any atom is 0.285 e. The molecule has 0 atom stereocenters. The normalized spacial score (nSPS) is 16.5. The van der Waals surface area contributed by atoms with Crippen LogP contribution in [0, 0.1) is 0 Å². The van der Waals surface area contributed by atoms with Crippen molar-refractivity contribution in [1.29, 1.82) is 0 Å². The predicted molar refractivity (Wildman–Crippen MR) is 214 cm³/mol. The van der Waals surface area contributed by atoms with Crippen LogP contribution < -0.4 is 24.8 Å². The predicted octanol–water partition coefficient (Wildman–Crippen LogP) is 4.82. The fourth-order valence-corrected chi connectivity index (χ4v) is 9.76. The van der Waals surface area contributed by atoms with Gasteiger partial charge in [0.1, 0.15) is 27.0 Å². The quantitative estimate of drug-likeness (QED) is 0.168. The summed E-state index contributed by atoms with van der Waals surface area (Å²) in [5.41, 5.74) is 2.87. The summed E-state index contributed by atoms with van der Waals surface area (Å²) < 4.78 is 75.0. The molecular formula is C41H44N4O10S2. The van der Waals surface area contributed by atoms with Gasteiger partial charge in [-0.3, -0.25) is 9.59 Å². The van der Waals surface area contributed by atoms with Crippen molar-refractivity contribution in [2.24, 2.45) is 0 Å². The van der Waals surface area contributed by atoms with Crippen molar-refractivity contribution in [3.8, 4) is 17.2 Å². The van der Waals surface area contributed by atoms with E-state index >= 15 is 0 Å². The molecule has 7 rings (SSSR count). The SMILES string of the molecule is CCCCN1C(=O)C(NCc2ccc(OC)cc2)=C(c2ccccc2)S1(=O)=O.COCCN1C(=O)C(NCc2ccc3c(c2)OCO3)=C(c2ccccc2)S1(=O)=O. The Hall–Kier alpha value is -5.84. The molecule has 0 aromatic heterocycles. The number of hydrogen-bond acceptors (Lipinski definition) is 12. The van der Waals surface area contributed by atoms with Crippen molar-refractivity contribution in [2.75, 3.05) is 40.7 Å². The van der Waals surface area contributed by atoms with Gasteiger partial charge in [-0.1, -0.05) is 92.2 Å². The molecule has 300 valence electrons. The number of nitrogens with one attached hydrogen (secondary N) is 2.